The number of amides is 1. The van der Waals surface area contributed by atoms with Crippen LogP contribution in [0.5, 0.6) is 0 Å². The van der Waals surface area contributed by atoms with Gasteiger partial charge in [0.25, 0.3) is 11.6 Å². The van der Waals surface area contributed by atoms with Crippen molar-refractivity contribution >= 4 is 46.2 Å². The number of hydrogen-bond donors (Lipinski definition) is 1. The number of anilines is 2. The summed E-state index contributed by atoms with van der Waals surface area (Å²) in [4.78, 5) is 24.6. The average Bonchev–Trinajstić information content (AvgIpc) is 2.50. The topological polar surface area (TPSA) is 75.5 Å². The zero-order valence-electron chi connectivity index (χ0n) is 12.3. The molecule has 0 heterocycles. The molecule has 2 aromatic rings. The molecule has 0 atom stereocenters. The predicted molar refractivity (Wildman–Crippen MR) is 91.8 cm³/mol. The highest BCUT2D eigenvalue weighted by Gasteiger charge is 2.18. The van der Waals surface area contributed by atoms with Crippen molar-refractivity contribution in [2.45, 2.75) is 0 Å². The molecular weight excluding hydrogens is 341 g/mol. The highest BCUT2D eigenvalue weighted by Crippen LogP contribution is 2.28. The van der Waals surface area contributed by atoms with Gasteiger partial charge < -0.3 is 10.2 Å². The molecule has 2 aromatic carbocycles. The van der Waals surface area contributed by atoms with Crippen molar-refractivity contribution in [1.82, 2.24) is 0 Å². The molecule has 23 heavy (non-hydrogen) atoms. The van der Waals surface area contributed by atoms with Crippen molar-refractivity contribution in [3.8, 4) is 0 Å². The number of nitro groups is 1. The molecule has 120 valence electrons. The molecule has 0 unspecified atom stereocenters. The Labute approximate surface area is 142 Å². The molecule has 0 aliphatic rings. The van der Waals surface area contributed by atoms with Crippen molar-refractivity contribution in [3.05, 3.63) is 62.1 Å². The molecule has 0 spiro atoms. The molecule has 0 aromatic heterocycles. The van der Waals surface area contributed by atoms with E-state index in [0.717, 1.165) is 0 Å². The first kappa shape index (κ1) is 17.1. The van der Waals surface area contributed by atoms with E-state index >= 15 is 0 Å². The lowest BCUT2D eigenvalue weighted by atomic mass is 10.1. The lowest BCUT2D eigenvalue weighted by Gasteiger charge is -2.17. The van der Waals surface area contributed by atoms with E-state index in [1.165, 1.54) is 24.3 Å². The van der Waals surface area contributed by atoms with E-state index in [1.54, 1.807) is 31.1 Å². The third-order valence-corrected chi connectivity index (χ3v) is 3.83. The number of carbonyl (C=O) groups excluding carboxylic acids is 1. The Morgan fingerprint density at radius 2 is 1.83 bits per heavy atom. The smallest absolute Gasteiger partial charge is 0.270 e. The molecule has 6 nitrogen and oxygen atoms in total. The number of nitrogens with zero attached hydrogens (tertiary/aromatic N) is 2. The fourth-order valence-electron chi connectivity index (χ4n) is 1.98. The standard InChI is InChI=1S/C15H13Cl2N3O3/c1-19(2)14-6-4-10(20(22)23)8-11(14)15(21)18-9-3-5-12(16)13(17)7-9/h3-8H,1-2H3,(H,18,21). The van der Waals surface area contributed by atoms with E-state index in [1.807, 2.05) is 0 Å². The summed E-state index contributed by atoms with van der Waals surface area (Å²) in [5.74, 6) is -0.476. The molecule has 8 heteroatoms. The van der Waals surface area contributed by atoms with Crippen LogP contribution in [0.25, 0.3) is 0 Å². The Hall–Kier alpha value is -2.31. The Balaban J connectivity index is 2.38. The van der Waals surface area contributed by atoms with Gasteiger partial charge in [-0.25, -0.2) is 0 Å². The second-order valence-electron chi connectivity index (χ2n) is 4.94. The summed E-state index contributed by atoms with van der Waals surface area (Å²) in [6, 6.07) is 8.78. The molecule has 0 radical (unpaired) electrons. The van der Waals surface area contributed by atoms with Crippen LogP contribution >= 0.6 is 23.2 Å². The Bertz CT molecular complexity index is 779. The molecule has 1 N–H and O–H groups in total. The Morgan fingerprint density at radius 1 is 1.13 bits per heavy atom. The van der Waals surface area contributed by atoms with Gasteiger partial charge in [-0.2, -0.15) is 0 Å². The summed E-state index contributed by atoms with van der Waals surface area (Å²) in [7, 11) is 3.49. The van der Waals surface area contributed by atoms with Crippen LogP contribution in [0, 0.1) is 10.1 Å². The Kier molecular flexibility index (Phi) is 5.08. The number of carbonyl (C=O) groups is 1. The molecule has 2 rings (SSSR count). The molecule has 1 amide bonds. The molecule has 0 fully saturated rings. The lowest BCUT2D eigenvalue weighted by molar-refractivity contribution is -0.384. The van der Waals surface area contributed by atoms with Gasteiger partial charge in [0, 0.05) is 37.6 Å². The first-order valence-corrected chi connectivity index (χ1v) is 7.27. The summed E-state index contributed by atoms with van der Waals surface area (Å²) < 4.78 is 0. The van der Waals surface area contributed by atoms with Crippen LogP contribution in [-0.2, 0) is 0 Å². The second kappa shape index (κ2) is 6.85. The van der Waals surface area contributed by atoms with Crippen LogP contribution in [0.3, 0.4) is 0 Å². The van der Waals surface area contributed by atoms with E-state index in [2.05, 4.69) is 5.32 Å². The summed E-state index contributed by atoms with van der Waals surface area (Å²) in [6.45, 7) is 0. The van der Waals surface area contributed by atoms with Gasteiger partial charge >= 0.3 is 0 Å². The lowest BCUT2D eigenvalue weighted by Crippen LogP contribution is -2.18. The molecular formula is C15H13Cl2N3O3. The number of rotatable bonds is 4. The van der Waals surface area contributed by atoms with E-state index in [4.69, 9.17) is 23.2 Å². The van der Waals surface area contributed by atoms with Crippen LogP contribution in [0.2, 0.25) is 10.0 Å². The van der Waals surface area contributed by atoms with Gasteiger partial charge in [0.15, 0.2) is 0 Å². The van der Waals surface area contributed by atoms with Crippen LogP contribution in [0.1, 0.15) is 10.4 Å². The average molecular weight is 354 g/mol. The molecule has 0 saturated carbocycles. The van der Waals surface area contributed by atoms with Gasteiger partial charge in [0.1, 0.15) is 0 Å². The molecule has 0 saturated heterocycles. The highest BCUT2D eigenvalue weighted by atomic mass is 35.5. The summed E-state index contributed by atoms with van der Waals surface area (Å²) in [6.07, 6.45) is 0. The van der Waals surface area contributed by atoms with E-state index in [0.29, 0.717) is 21.4 Å². The van der Waals surface area contributed by atoms with Gasteiger partial charge in [-0.05, 0) is 24.3 Å². The van der Waals surface area contributed by atoms with Gasteiger partial charge in [-0.1, -0.05) is 23.2 Å². The van der Waals surface area contributed by atoms with Crippen molar-refractivity contribution in [3.63, 3.8) is 0 Å². The third kappa shape index (κ3) is 3.91. The number of benzene rings is 2. The first-order valence-electron chi connectivity index (χ1n) is 6.51. The number of nitrogens with one attached hydrogen (secondary N) is 1. The molecule has 0 aliphatic heterocycles. The largest absolute Gasteiger partial charge is 0.377 e. The fraction of sp³-hybridized carbons (Fsp3) is 0.133. The maximum atomic E-state index is 12.5. The summed E-state index contributed by atoms with van der Waals surface area (Å²) >= 11 is 11.7. The van der Waals surface area contributed by atoms with Gasteiger partial charge in [-0.15, -0.1) is 0 Å². The van der Waals surface area contributed by atoms with Crippen LogP contribution < -0.4 is 10.2 Å². The molecule has 0 bridgehead atoms. The van der Waals surface area contributed by atoms with E-state index in [-0.39, 0.29) is 11.3 Å². The maximum absolute atomic E-state index is 12.5. The van der Waals surface area contributed by atoms with E-state index < -0.39 is 10.8 Å². The van der Waals surface area contributed by atoms with Crippen LogP contribution in [0.4, 0.5) is 17.1 Å². The fourth-order valence-corrected chi connectivity index (χ4v) is 2.28. The predicted octanol–water partition coefficient (Wildman–Crippen LogP) is 4.22. The maximum Gasteiger partial charge on any atom is 0.270 e. The zero-order chi connectivity index (χ0) is 17.1. The van der Waals surface area contributed by atoms with Crippen LogP contribution in [0.15, 0.2) is 36.4 Å². The second-order valence-corrected chi connectivity index (χ2v) is 5.75. The number of hydrogen-bond acceptors (Lipinski definition) is 4. The number of non-ortho nitro benzene ring substituents is 1. The number of nitro benzene ring substituents is 1. The van der Waals surface area contributed by atoms with Crippen molar-refractivity contribution in [1.29, 1.82) is 0 Å². The SMILES string of the molecule is CN(C)c1ccc([N+](=O)[O-])cc1C(=O)Nc1ccc(Cl)c(Cl)c1. The molecule has 0 aliphatic carbocycles. The van der Waals surface area contributed by atoms with Gasteiger partial charge in [-0.3, -0.25) is 14.9 Å². The summed E-state index contributed by atoms with van der Waals surface area (Å²) in [5, 5.41) is 14.3. The normalized spacial score (nSPS) is 10.3. The first-order chi connectivity index (χ1) is 10.8. The van der Waals surface area contributed by atoms with Gasteiger partial charge in [0.05, 0.1) is 20.5 Å². The minimum Gasteiger partial charge on any atom is -0.377 e. The Morgan fingerprint density at radius 3 is 2.39 bits per heavy atom. The highest BCUT2D eigenvalue weighted by molar-refractivity contribution is 6.42. The minimum atomic E-state index is -0.546. The van der Waals surface area contributed by atoms with Gasteiger partial charge in [0.2, 0.25) is 0 Å². The van der Waals surface area contributed by atoms with Crippen molar-refractivity contribution < 1.29 is 9.72 Å². The quantitative estimate of drug-likeness (QED) is 0.659. The van der Waals surface area contributed by atoms with Crippen molar-refractivity contribution in [2.24, 2.45) is 0 Å². The van der Waals surface area contributed by atoms with Crippen molar-refractivity contribution in [2.75, 3.05) is 24.3 Å². The minimum absolute atomic E-state index is 0.158. The van der Waals surface area contributed by atoms with E-state index in [9.17, 15) is 14.9 Å². The monoisotopic (exact) mass is 353 g/mol. The number of halogens is 2. The zero-order valence-corrected chi connectivity index (χ0v) is 13.9. The van der Waals surface area contributed by atoms with Crippen LogP contribution in [-0.4, -0.2) is 24.9 Å². The summed E-state index contributed by atoms with van der Waals surface area (Å²) in [5.41, 5.74) is 1.04. The third-order valence-electron chi connectivity index (χ3n) is 3.09.